The van der Waals surface area contributed by atoms with Crippen molar-refractivity contribution in [3.63, 3.8) is 0 Å². The number of nitrogens with zero attached hydrogens (tertiary/aromatic N) is 4. The van der Waals surface area contributed by atoms with Crippen LogP contribution in [0.5, 0.6) is 0 Å². The molecule has 0 spiro atoms. The molecule has 3 heterocycles. The number of phosphoric acid groups is 3. The standard InChI is InChI=1S/C13H18N5O12P3/c1-2-3-26-8-4-10(18-7-17-11-12(14)15-6-16-13(11)18)28-9(8)5-27-32(22,23)30-33(24,25)29-31(19,20)21/h1,6-10H,3-5H2,(H,22,23)(H,24,25)(H2,14,15,16)(H2,19,20,21)/t8-,9+,10+/m0/s1. The lowest BCUT2D eigenvalue weighted by atomic mass is 10.2. The molecule has 1 aliphatic rings. The molecular weight excluding hydrogens is 511 g/mol. The van der Waals surface area contributed by atoms with E-state index in [4.69, 9.17) is 31.4 Å². The summed E-state index contributed by atoms with van der Waals surface area (Å²) in [5, 5.41) is 0. The van der Waals surface area contributed by atoms with Gasteiger partial charge in [0.25, 0.3) is 0 Å². The average molecular weight is 529 g/mol. The number of anilines is 1. The highest BCUT2D eigenvalue weighted by atomic mass is 31.3. The van der Waals surface area contributed by atoms with Crippen molar-refractivity contribution < 1.29 is 55.9 Å². The van der Waals surface area contributed by atoms with Crippen molar-refractivity contribution in [1.29, 1.82) is 0 Å². The van der Waals surface area contributed by atoms with E-state index in [-0.39, 0.29) is 18.8 Å². The lowest BCUT2D eigenvalue weighted by Gasteiger charge is -2.20. The van der Waals surface area contributed by atoms with E-state index in [9.17, 15) is 23.5 Å². The van der Waals surface area contributed by atoms with Gasteiger partial charge in [-0.1, -0.05) is 5.92 Å². The maximum Gasteiger partial charge on any atom is 0.490 e. The van der Waals surface area contributed by atoms with Crippen molar-refractivity contribution in [1.82, 2.24) is 19.5 Å². The minimum absolute atomic E-state index is 0.133. The van der Waals surface area contributed by atoms with Gasteiger partial charge in [-0.25, -0.2) is 28.6 Å². The first-order chi connectivity index (χ1) is 15.3. The molecule has 33 heavy (non-hydrogen) atoms. The zero-order chi connectivity index (χ0) is 24.4. The lowest BCUT2D eigenvalue weighted by Crippen LogP contribution is -2.29. The van der Waals surface area contributed by atoms with Gasteiger partial charge in [0.2, 0.25) is 0 Å². The molecule has 1 saturated heterocycles. The summed E-state index contributed by atoms with van der Waals surface area (Å²) in [4.78, 5) is 48.1. The number of phosphoric ester groups is 1. The Labute approximate surface area is 185 Å². The molecule has 3 rings (SSSR count). The highest BCUT2D eigenvalue weighted by Crippen LogP contribution is 2.66. The maximum atomic E-state index is 12.0. The first kappa shape index (κ1) is 25.9. The molecule has 1 aliphatic heterocycles. The summed E-state index contributed by atoms with van der Waals surface area (Å²) in [6.45, 7) is -0.842. The molecule has 5 atom stereocenters. The highest BCUT2D eigenvalue weighted by molar-refractivity contribution is 7.66. The predicted molar refractivity (Wildman–Crippen MR) is 107 cm³/mol. The largest absolute Gasteiger partial charge is 0.490 e. The van der Waals surface area contributed by atoms with Crippen LogP contribution >= 0.6 is 23.5 Å². The van der Waals surface area contributed by atoms with Gasteiger partial charge >= 0.3 is 23.5 Å². The van der Waals surface area contributed by atoms with Crippen LogP contribution in [-0.4, -0.2) is 64.5 Å². The summed E-state index contributed by atoms with van der Waals surface area (Å²) in [5.74, 6) is 2.40. The van der Waals surface area contributed by atoms with Gasteiger partial charge < -0.3 is 34.8 Å². The number of nitrogens with two attached hydrogens (primary N) is 1. The van der Waals surface area contributed by atoms with Crippen molar-refractivity contribution in [3.8, 4) is 12.3 Å². The van der Waals surface area contributed by atoms with Gasteiger partial charge in [-0.2, -0.15) is 8.62 Å². The van der Waals surface area contributed by atoms with Crippen molar-refractivity contribution in [2.75, 3.05) is 18.9 Å². The minimum atomic E-state index is -5.65. The zero-order valence-corrected chi connectivity index (χ0v) is 19.0. The topological polar surface area (TPSA) is 248 Å². The van der Waals surface area contributed by atoms with Gasteiger partial charge in [0.1, 0.15) is 30.8 Å². The lowest BCUT2D eigenvalue weighted by molar-refractivity contribution is -0.0544. The molecule has 0 bridgehead atoms. The van der Waals surface area contributed by atoms with Crippen LogP contribution in [0.15, 0.2) is 12.7 Å². The first-order valence-corrected chi connectivity index (χ1v) is 13.2. The predicted octanol–water partition coefficient (Wildman–Crippen LogP) is 0.0577. The fourth-order valence-electron chi connectivity index (χ4n) is 2.90. The SMILES string of the molecule is C#CCO[C@H]1C[C@H](n2cnc3c(N)ncnc32)O[C@@H]1COP(=O)(O)OP(=O)(O)OP(=O)(O)O. The third kappa shape index (κ3) is 6.87. The van der Waals surface area contributed by atoms with E-state index in [0.29, 0.717) is 11.2 Å². The molecule has 0 radical (unpaired) electrons. The molecule has 0 saturated carbocycles. The minimum Gasteiger partial charge on any atom is -0.382 e. The Hall–Kier alpha value is -1.76. The van der Waals surface area contributed by atoms with E-state index in [1.807, 2.05) is 0 Å². The maximum absolute atomic E-state index is 12.0. The Balaban J connectivity index is 1.72. The number of rotatable bonds is 10. The van der Waals surface area contributed by atoms with Crippen molar-refractivity contribution >= 4 is 40.4 Å². The molecule has 0 amide bonds. The number of fused-ring (bicyclic) bond motifs is 1. The molecule has 1 fully saturated rings. The second-order valence-electron chi connectivity index (χ2n) is 6.39. The molecule has 0 aliphatic carbocycles. The second kappa shape index (κ2) is 9.85. The average Bonchev–Trinajstić information content (AvgIpc) is 3.26. The fourth-order valence-corrected chi connectivity index (χ4v) is 5.93. The summed E-state index contributed by atoms with van der Waals surface area (Å²) in [6.07, 6.45) is 5.43. The number of aromatic nitrogens is 4. The Morgan fingerprint density at radius 2 is 1.91 bits per heavy atom. The Kier molecular flexibility index (Phi) is 7.72. The van der Waals surface area contributed by atoms with Crippen molar-refractivity contribution in [2.45, 2.75) is 24.9 Å². The van der Waals surface area contributed by atoms with Gasteiger partial charge in [-0.3, -0.25) is 9.09 Å². The quantitative estimate of drug-likeness (QED) is 0.201. The summed E-state index contributed by atoms with van der Waals surface area (Å²) in [7, 11) is -16.5. The third-order valence-corrected chi connectivity index (χ3v) is 7.88. The molecule has 2 aromatic heterocycles. The monoisotopic (exact) mass is 529 g/mol. The molecular formula is C13H18N5O12P3. The van der Waals surface area contributed by atoms with Crippen LogP contribution in [0.1, 0.15) is 12.6 Å². The molecule has 2 unspecified atom stereocenters. The van der Waals surface area contributed by atoms with Gasteiger partial charge in [-0.05, 0) is 0 Å². The van der Waals surface area contributed by atoms with Crippen molar-refractivity contribution in [2.24, 2.45) is 0 Å². The molecule has 6 N–H and O–H groups in total. The van der Waals surface area contributed by atoms with Crippen LogP contribution in [0, 0.1) is 12.3 Å². The number of terminal acetylenes is 1. The van der Waals surface area contributed by atoms with Gasteiger partial charge in [0.05, 0.1) is 19.0 Å². The number of imidazole rings is 1. The number of ether oxygens (including phenoxy) is 2. The smallest absolute Gasteiger partial charge is 0.382 e. The normalized spacial score (nSPS) is 24.9. The van der Waals surface area contributed by atoms with Gasteiger partial charge in [0, 0.05) is 6.42 Å². The molecule has 0 aromatic carbocycles. The highest BCUT2D eigenvalue weighted by Gasteiger charge is 2.43. The van der Waals surface area contributed by atoms with Crippen LogP contribution in [0.25, 0.3) is 11.2 Å². The van der Waals surface area contributed by atoms with Crippen LogP contribution in [0.2, 0.25) is 0 Å². The molecule has 20 heteroatoms. The number of hydrogen-bond acceptors (Lipinski definition) is 12. The third-order valence-electron chi connectivity index (χ3n) is 4.08. The molecule has 182 valence electrons. The number of nitrogen functional groups attached to an aromatic ring is 1. The van der Waals surface area contributed by atoms with E-state index in [0.717, 1.165) is 0 Å². The van der Waals surface area contributed by atoms with Gasteiger partial charge in [-0.15, -0.1) is 6.42 Å². The summed E-state index contributed by atoms with van der Waals surface area (Å²) in [6, 6.07) is 0. The Morgan fingerprint density at radius 1 is 1.18 bits per heavy atom. The van der Waals surface area contributed by atoms with E-state index in [2.05, 4.69) is 34.0 Å². The Morgan fingerprint density at radius 3 is 2.58 bits per heavy atom. The summed E-state index contributed by atoms with van der Waals surface area (Å²) in [5.41, 5.74) is 6.43. The van der Waals surface area contributed by atoms with Crippen LogP contribution in [-0.2, 0) is 36.3 Å². The van der Waals surface area contributed by atoms with Crippen LogP contribution in [0.4, 0.5) is 5.82 Å². The van der Waals surface area contributed by atoms with E-state index >= 15 is 0 Å². The van der Waals surface area contributed by atoms with Gasteiger partial charge in [0.15, 0.2) is 11.5 Å². The first-order valence-electron chi connectivity index (χ1n) is 8.72. The molecule has 17 nitrogen and oxygen atoms in total. The van der Waals surface area contributed by atoms with E-state index in [1.54, 1.807) is 0 Å². The Bertz CT molecular complexity index is 1190. The van der Waals surface area contributed by atoms with E-state index in [1.165, 1.54) is 17.2 Å². The summed E-state index contributed by atoms with van der Waals surface area (Å²) >= 11 is 0. The van der Waals surface area contributed by atoms with E-state index < -0.39 is 48.5 Å². The zero-order valence-electron chi connectivity index (χ0n) is 16.3. The summed E-state index contributed by atoms with van der Waals surface area (Å²) < 4.78 is 58.9. The van der Waals surface area contributed by atoms with Crippen molar-refractivity contribution in [3.05, 3.63) is 12.7 Å². The second-order valence-corrected chi connectivity index (χ2v) is 10.8. The molecule has 2 aromatic rings. The fraction of sp³-hybridized carbons (Fsp3) is 0.462. The van der Waals surface area contributed by atoms with Crippen LogP contribution < -0.4 is 5.73 Å². The number of hydrogen-bond donors (Lipinski definition) is 5. The van der Waals surface area contributed by atoms with Crippen LogP contribution in [0.3, 0.4) is 0 Å².